The summed E-state index contributed by atoms with van der Waals surface area (Å²) in [6.07, 6.45) is 0. The van der Waals surface area contributed by atoms with Gasteiger partial charge >= 0.3 is 0 Å². The predicted molar refractivity (Wildman–Crippen MR) is 74.9 cm³/mol. The Morgan fingerprint density at radius 2 is 1.75 bits per heavy atom. The van der Waals surface area contributed by atoms with E-state index in [0.29, 0.717) is 5.02 Å². The van der Waals surface area contributed by atoms with Crippen molar-refractivity contribution in [3.63, 3.8) is 0 Å². The number of nitrogens with one attached hydrogen (secondary N) is 2. The Kier molecular flexibility index (Phi) is 4.53. The van der Waals surface area contributed by atoms with Gasteiger partial charge in [-0.25, -0.2) is 8.78 Å². The summed E-state index contributed by atoms with van der Waals surface area (Å²) in [6, 6.07) is 9.80. The highest BCUT2D eigenvalue weighted by atomic mass is 35.5. The Morgan fingerprint density at radius 1 is 1.05 bits per heavy atom. The number of amides is 1. The Balaban J connectivity index is 1.96. The Labute approximate surface area is 119 Å². The van der Waals surface area contributed by atoms with Crippen molar-refractivity contribution in [3.8, 4) is 0 Å². The first-order chi connectivity index (χ1) is 9.56. The van der Waals surface area contributed by atoms with Gasteiger partial charge in [-0.15, -0.1) is 0 Å². The molecule has 0 aliphatic rings. The van der Waals surface area contributed by atoms with Gasteiger partial charge in [0, 0.05) is 5.02 Å². The van der Waals surface area contributed by atoms with Crippen molar-refractivity contribution >= 4 is 28.9 Å². The van der Waals surface area contributed by atoms with Crippen molar-refractivity contribution < 1.29 is 13.6 Å². The minimum atomic E-state index is -0.589. The molecule has 2 aromatic rings. The van der Waals surface area contributed by atoms with Crippen molar-refractivity contribution in [1.82, 2.24) is 0 Å². The molecule has 0 unspecified atom stereocenters. The molecular weight excluding hydrogens is 286 g/mol. The third kappa shape index (κ3) is 3.68. The van der Waals surface area contributed by atoms with Crippen molar-refractivity contribution in [3.05, 3.63) is 59.1 Å². The first kappa shape index (κ1) is 14.3. The molecular formula is C14H11ClF2N2O. The summed E-state index contributed by atoms with van der Waals surface area (Å²) in [7, 11) is 0. The van der Waals surface area contributed by atoms with Crippen molar-refractivity contribution in [2.75, 3.05) is 17.2 Å². The first-order valence-corrected chi connectivity index (χ1v) is 6.17. The van der Waals surface area contributed by atoms with E-state index in [2.05, 4.69) is 10.6 Å². The minimum Gasteiger partial charge on any atom is -0.374 e. The summed E-state index contributed by atoms with van der Waals surface area (Å²) in [5.74, 6) is -1.56. The van der Waals surface area contributed by atoms with Crippen molar-refractivity contribution in [1.29, 1.82) is 0 Å². The van der Waals surface area contributed by atoms with Crippen LogP contribution in [0, 0.1) is 11.6 Å². The third-order valence-electron chi connectivity index (χ3n) is 2.52. The van der Waals surface area contributed by atoms with E-state index in [1.165, 1.54) is 24.3 Å². The molecule has 0 radical (unpaired) electrons. The highest BCUT2D eigenvalue weighted by Crippen LogP contribution is 2.19. The lowest BCUT2D eigenvalue weighted by Gasteiger charge is -2.09. The number of anilines is 2. The molecule has 2 rings (SSSR count). The summed E-state index contributed by atoms with van der Waals surface area (Å²) in [4.78, 5) is 11.7. The third-order valence-corrected chi connectivity index (χ3v) is 2.75. The maximum Gasteiger partial charge on any atom is 0.243 e. The van der Waals surface area contributed by atoms with Crippen LogP contribution in [0.25, 0.3) is 0 Å². The van der Waals surface area contributed by atoms with Crippen molar-refractivity contribution in [2.24, 2.45) is 0 Å². The zero-order valence-corrected chi connectivity index (χ0v) is 11.0. The van der Waals surface area contributed by atoms with Gasteiger partial charge < -0.3 is 10.6 Å². The number of carbonyl (C=O) groups is 1. The van der Waals surface area contributed by atoms with E-state index in [1.807, 2.05) is 0 Å². The number of hydrogen-bond acceptors (Lipinski definition) is 2. The van der Waals surface area contributed by atoms with E-state index in [0.717, 1.165) is 6.07 Å². The zero-order valence-electron chi connectivity index (χ0n) is 10.3. The molecule has 20 heavy (non-hydrogen) atoms. The highest BCUT2D eigenvalue weighted by Gasteiger charge is 2.08. The van der Waals surface area contributed by atoms with Gasteiger partial charge in [0.2, 0.25) is 5.91 Å². The Hall–Kier alpha value is -2.14. The number of hydrogen-bond donors (Lipinski definition) is 2. The summed E-state index contributed by atoms with van der Waals surface area (Å²) in [5, 5.41) is 5.29. The Bertz CT molecular complexity index is 634. The summed E-state index contributed by atoms with van der Waals surface area (Å²) in [5.41, 5.74) is 0.187. The molecule has 0 saturated carbocycles. The van der Waals surface area contributed by atoms with Gasteiger partial charge in [-0.3, -0.25) is 4.79 Å². The molecule has 104 valence electrons. The van der Waals surface area contributed by atoms with Crippen molar-refractivity contribution in [2.45, 2.75) is 0 Å². The second kappa shape index (κ2) is 6.34. The molecule has 0 aliphatic carbocycles. The van der Waals surface area contributed by atoms with Gasteiger partial charge in [-0.1, -0.05) is 23.7 Å². The van der Waals surface area contributed by atoms with Crippen LogP contribution in [-0.4, -0.2) is 12.5 Å². The monoisotopic (exact) mass is 296 g/mol. The quantitative estimate of drug-likeness (QED) is 0.904. The summed E-state index contributed by atoms with van der Waals surface area (Å²) >= 11 is 5.71. The number of rotatable bonds is 4. The molecule has 2 aromatic carbocycles. The lowest BCUT2D eigenvalue weighted by molar-refractivity contribution is -0.114. The number of para-hydroxylation sites is 1. The highest BCUT2D eigenvalue weighted by molar-refractivity contribution is 6.30. The van der Waals surface area contributed by atoms with E-state index in [-0.39, 0.29) is 17.9 Å². The Morgan fingerprint density at radius 3 is 2.50 bits per heavy atom. The van der Waals surface area contributed by atoms with Gasteiger partial charge in [-0.05, 0) is 30.3 Å². The van der Waals surface area contributed by atoms with Crippen LogP contribution < -0.4 is 10.6 Å². The molecule has 0 heterocycles. The van der Waals surface area contributed by atoms with E-state index in [1.54, 1.807) is 12.1 Å². The molecule has 0 bridgehead atoms. The van der Waals surface area contributed by atoms with Crippen LogP contribution in [-0.2, 0) is 4.79 Å². The maximum absolute atomic E-state index is 13.4. The fourth-order valence-electron chi connectivity index (χ4n) is 1.57. The number of carbonyl (C=O) groups excluding carboxylic acids is 1. The van der Waals surface area contributed by atoms with Gasteiger partial charge in [0.25, 0.3) is 0 Å². The largest absolute Gasteiger partial charge is 0.374 e. The average Bonchev–Trinajstić information content (AvgIpc) is 2.42. The van der Waals surface area contributed by atoms with Crippen LogP contribution in [0.1, 0.15) is 0 Å². The van der Waals surface area contributed by atoms with Gasteiger partial charge in [0.1, 0.15) is 11.6 Å². The van der Waals surface area contributed by atoms with Gasteiger partial charge in [0.05, 0.1) is 17.9 Å². The SMILES string of the molecule is O=C(CNc1ccccc1F)Nc1cc(Cl)ccc1F. The first-order valence-electron chi connectivity index (χ1n) is 5.79. The van der Waals surface area contributed by atoms with Crippen LogP contribution in [0.5, 0.6) is 0 Å². The topological polar surface area (TPSA) is 41.1 Å². The van der Waals surface area contributed by atoms with Crippen LogP contribution in [0.2, 0.25) is 5.02 Å². The predicted octanol–water partition coefficient (Wildman–Crippen LogP) is 3.67. The molecule has 3 nitrogen and oxygen atoms in total. The van der Waals surface area contributed by atoms with Gasteiger partial charge in [-0.2, -0.15) is 0 Å². The molecule has 0 fully saturated rings. The molecule has 2 N–H and O–H groups in total. The fraction of sp³-hybridized carbons (Fsp3) is 0.0714. The minimum absolute atomic E-state index is 0.0159. The zero-order chi connectivity index (χ0) is 14.5. The maximum atomic E-state index is 13.4. The fourth-order valence-corrected chi connectivity index (χ4v) is 1.74. The van der Waals surface area contributed by atoms with Crippen LogP contribution in [0.4, 0.5) is 20.2 Å². The molecule has 0 aromatic heterocycles. The molecule has 0 aliphatic heterocycles. The molecule has 0 spiro atoms. The molecule has 1 amide bonds. The average molecular weight is 297 g/mol. The van der Waals surface area contributed by atoms with E-state index in [9.17, 15) is 13.6 Å². The molecule has 6 heteroatoms. The van der Waals surface area contributed by atoms with Crippen LogP contribution in [0.3, 0.4) is 0 Å². The van der Waals surface area contributed by atoms with E-state index >= 15 is 0 Å². The second-order valence-electron chi connectivity index (χ2n) is 4.01. The summed E-state index contributed by atoms with van der Waals surface area (Å²) in [6.45, 7) is -0.188. The van der Waals surface area contributed by atoms with Gasteiger partial charge in [0.15, 0.2) is 0 Å². The smallest absolute Gasteiger partial charge is 0.243 e. The van der Waals surface area contributed by atoms with Crippen LogP contribution in [0.15, 0.2) is 42.5 Å². The lowest BCUT2D eigenvalue weighted by Crippen LogP contribution is -2.22. The lowest BCUT2D eigenvalue weighted by atomic mass is 10.3. The second-order valence-corrected chi connectivity index (χ2v) is 4.44. The normalized spacial score (nSPS) is 10.2. The van der Waals surface area contributed by atoms with E-state index < -0.39 is 17.5 Å². The number of halogens is 3. The molecule has 0 saturated heterocycles. The summed E-state index contributed by atoms with van der Waals surface area (Å²) < 4.78 is 26.7. The molecule has 0 atom stereocenters. The standard InChI is InChI=1S/C14H11ClF2N2O/c15-9-5-6-11(17)13(7-9)19-14(20)8-18-12-4-2-1-3-10(12)16/h1-7,18H,8H2,(H,19,20). The van der Waals surface area contributed by atoms with Crippen LogP contribution >= 0.6 is 11.6 Å². The van der Waals surface area contributed by atoms with E-state index in [4.69, 9.17) is 11.6 Å². The number of benzene rings is 2.